The van der Waals surface area contributed by atoms with Crippen LogP contribution in [0.15, 0.2) is 61.2 Å². The molecule has 3 heterocycles. The van der Waals surface area contributed by atoms with Crippen LogP contribution in [0.4, 0.5) is 0 Å². The van der Waals surface area contributed by atoms with Gasteiger partial charge in [-0.2, -0.15) is 0 Å². The maximum Gasteiger partial charge on any atom is 0.335 e. The highest BCUT2D eigenvalue weighted by Crippen LogP contribution is 2.31. The van der Waals surface area contributed by atoms with Gasteiger partial charge in [-0.25, -0.2) is 9.78 Å². The molecule has 1 fully saturated rings. The van der Waals surface area contributed by atoms with Crippen LogP contribution < -0.4 is 0 Å². The predicted octanol–water partition coefficient (Wildman–Crippen LogP) is 3.48. The van der Waals surface area contributed by atoms with E-state index in [1.807, 2.05) is 10.8 Å². The van der Waals surface area contributed by atoms with E-state index in [1.165, 1.54) is 30.7 Å². The molecule has 1 aliphatic rings. The summed E-state index contributed by atoms with van der Waals surface area (Å²) >= 11 is 0. The number of hydrogen-bond acceptors (Lipinski definition) is 4. The largest absolute Gasteiger partial charge is 0.478 e. The summed E-state index contributed by atoms with van der Waals surface area (Å²) in [6, 6.07) is 14.2. The number of carbonyl (C=O) groups is 1. The fourth-order valence-electron chi connectivity index (χ4n) is 3.71. The van der Waals surface area contributed by atoms with Gasteiger partial charge in [0.2, 0.25) is 0 Å². The van der Waals surface area contributed by atoms with Gasteiger partial charge < -0.3 is 9.67 Å². The maximum absolute atomic E-state index is 11.1. The lowest BCUT2D eigenvalue weighted by atomic mass is 10.0. The normalized spacial score (nSPS) is 17.3. The molecule has 6 nitrogen and oxygen atoms in total. The third kappa shape index (κ3) is 3.90. The Balaban J connectivity index is 1.43. The van der Waals surface area contributed by atoms with Crippen molar-refractivity contribution in [1.29, 1.82) is 0 Å². The minimum atomic E-state index is -0.959. The van der Waals surface area contributed by atoms with Crippen molar-refractivity contribution in [2.45, 2.75) is 25.4 Å². The van der Waals surface area contributed by atoms with Crippen molar-refractivity contribution in [3.63, 3.8) is 0 Å². The summed E-state index contributed by atoms with van der Waals surface area (Å²) in [4.78, 5) is 22.3. The van der Waals surface area contributed by atoms with Crippen LogP contribution in [0.5, 0.6) is 0 Å². The van der Waals surface area contributed by atoms with Gasteiger partial charge in [0.05, 0.1) is 17.6 Å². The van der Waals surface area contributed by atoms with E-state index in [4.69, 9.17) is 5.11 Å². The Morgan fingerprint density at radius 3 is 2.78 bits per heavy atom. The van der Waals surface area contributed by atoms with Gasteiger partial charge in [0, 0.05) is 31.5 Å². The van der Waals surface area contributed by atoms with Crippen LogP contribution in [0.2, 0.25) is 0 Å². The zero-order valence-electron chi connectivity index (χ0n) is 15.0. The Morgan fingerprint density at radius 1 is 1.11 bits per heavy atom. The van der Waals surface area contributed by atoms with Crippen LogP contribution in [-0.2, 0) is 6.54 Å². The lowest BCUT2D eigenvalue weighted by Gasteiger charge is -2.24. The van der Waals surface area contributed by atoms with Crippen molar-refractivity contribution in [2.24, 2.45) is 0 Å². The molecule has 138 valence electrons. The molecule has 1 aromatic carbocycles. The molecule has 0 radical (unpaired) electrons. The Morgan fingerprint density at radius 2 is 1.96 bits per heavy atom. The van der Waals surface area contributed by atoms with Crippen LogP contribution in [-0.4, -0.2) is 43.6 Å². The fourth-order valence-corrected chi connectivity index (χ4v) is 3.71. The molecule has 0 spiro atoms. The predicted molar refractivity (Wildman–Crippen MR) is 102 cm³/mol. The molecule has 0 bridgehead atoms. The van der Waals surface area contributed by atoms with Gasteiger partial charge in [-0.1, -0.05) is 30.3 Å². The smallest absolute Gasteiger partial charge is 0.335 e. The number of imidazole rings is 1. The van der Waals surface area contributed by atoms with Crippen molar-refractivity contribution in [3.05, 3.63) is 72.3 Å². The number of likely N-dealkylation sites (tertiary alicyclic amines) is 1. The first-order chi connectivity index (χ1) is 13.2. The lowest BCUT2D eigenvalue weighted by molar-refractivity contribution is 0.0697. The Hall–Kier alpha value is -2.99. The average Bonchev–Trinajstić information content (AvgIpc) is 3.36. The first-order valence-electron chi connectivity index (χ1n) is 9.21. The van der Waals surface area contributed by atoms with Crippen LogP contribution in [0.1, 0.15) is 34.8 Å². The minimum absolute atomic E-state index is 0.220. The summed E-state index contributed by atoms with van der Waals surface area (Å²) in [6.07, 6.45) is 7.65. The summed E-state index contributed by atoms with van der Waals surface area (Å²) in [7, 11) is 0. The van der Waals surface area contributed by atoms with Gasteiger partial charge in [-0.15, -0.1) is 0 Å². The molecule has 1 saturated heterocycles. The molecule has 4 rings (SSSR count). The molecule has 27 heavy (non-hydrogen) atoms. The van der Waals surface area contributed by atoms with E-state index in [0.29, 0.717) is 17.4 Å². The van der Waals surface area contributed by atoms with Gasteiger partial charge in [0.1, 0.15) is 5.69 Å². The number of carboxylic acids is 1. The van der Waals surface area contributed by atoms with Crippen LogP contribution in [0.3, 0.4) is 0 Å². The molecule has 1 N–H and O–H groups in total. The number of benzene rings is 1. The first kappa shape index (κ1) is 17.4. The topological polar surface area (TPSA) is 71.2 Å². The van der Waals surface area contributed by atoms with E-state index in [1.54, 1.807) is 12.4 Å². The van der Waals surface area contributed by atoms with Crippen LogP contribution >= 0.6 is 0 Å². The molecule has 1 aliphatic heterocycles. The second-order valence-corrected chi connectivity index (χ2v) is 6.84. The van der Waals surface area contributed by atoms with E-state index in [2.05, 4.69) is 45.2 Å². The molecule has 3 aromatic rings. The molecule has 0 unspecified atom stereocenters. The van der Waals surface area contributed by atoms with E-state index >= 15 is 0 Å². The third-order valence-corrected chi connectivity index (χ3v) is 5.10. The lowest BCUT2D eigenvalue weighted by Crippen LogP contribution is -2.27. The Kier molecular flexibility index (Phi) is 4.98. The van der Waals surface area contributed by atoms with Crippen molar-refractivity contribution in [3.8, 4) is 11.4 Å². The SMILES string of the molecule is O=C(O)c1ccnc(-c2cn(CCN3CCC[C@H]3c3ccccc3)cn2)c1. The molecule has 1 atom stereocenters. The number of aromatic nitrogens is 3. The van der Waals surface area contributed by atoms with E-state index < -0.39 is 5.97 Å². The highest BCUT2D eigenvalue weighted by Gasteiger charge is 2.25. The van der Waals surface area contributed by atoms with Crippen LogP contribution in [0.25, 0.3) is 11.4 Å². The maximum atomic E-state index is 11.1. The Bertz CT molecular complexity index is 923. The van der Waals surface area contributed by atoms with E-state index in [0.717, 1.165) is 19.6 Å². The molecular formula is C21H22N4O2. The third-order valence-electron chi connectivity index (χ3n) is 5.10. The average molecular weight is 362 g/mol. The fraction of sp³-hybridized carbons (Fsp3) is 0.286. The van der Waals surface area contributed by atoms with Crippen molar-refractivity contribution >= 4 is 5.97 Å². The Labute approximate surface area is 158 Å². The van der Waals surface area contributed by atoms with Gasteiger partial charge in [-0.3, -0.25) is 9.88 Å². The summed E-state index contributed by atoms with van der Waals surface area (Å²) < 4.78 is 2.05. The van der Waals surface area contributed by atoms with Crippen LogP contribution in [0, 0.1) is 0 Å². The van der Waals surface area contributed by atoms with Crippen molar-refractivity contribution < 1.29 is 9.90 Å². The van der Waals surface area contributed by atoms with Crippen molar-refractivity contribution in [1.82, 2.24) is 19.4 Å². The molecule has 2 aromatic heterocycles. The number of nitrogens with zero attached hydrogens (tertiary/aromatic N) is 4. The number of rotatable bonds is 6. The second-order valence-electron chi connectivity index (χ2n) is 6.84. The highest BCUT2D eigenvalue weighted by molar-refractivity contribution is 5.88. The minimum Gasteiger partial charge on any atom is -0.478 e. The molecule has 0 amide bonds. The van der Waals surface area contributed by atoms with Gasteiger partial charge in [0.25, 0.3) is 0 Å². The quantitative estimate of drug-likeness (QED) is 0.727. The molecular weight excluding hydrogens is 340 g/mol. The summed E-state index contributed by atoms with van der Waals surface area (Å²) in [5.41, 5.74) is 2.88. The molecule has 6 heteroatoms. The second kappa shape index (κ2) is 7.72. The zero-order chi connectivity index (χ0) is 18.6. The standard InChI is InChI=1S/C21H22N4O2/c26-21(27)17-8-9-22-18(13-17)19-14-24(15-23-19)11-12-25-10-4-7-20(25)16-5-2-1-3-6-16/h1-3,5-6,8-9,13-15,20H,4,7,10-12H2,(H,26,27)/t20-/m0/s1. The van der Waals surface area contributed by atoms with E-state index in [9.17, 15) is 4.79 Å². The number of pyridine rings is 1. The summed E-state index contributed by atoms with van der Waals surface area (Å²) in [5, 5.41) is 9.13. The highest BCUT2D eigenvalue weighted by atomic mass is 16.4. The van der Waals surface area contributed by atoms with Gasteiger partial charge >= 0.3 is 5.97 Å². The zero-order valence-corrected chi connectivity index (χ0v) is 15.0. The first-order valence-corrected chi connectivity index (χ1v) is 9.21. The number of carboxylic acid groups (broad SMARTS) is 1. The van der Waals surface area contributed by atoms with E-state index in [-0.39, 0.29) is 5.56 Å². The summed E-state index contributed by atoms with van der Waals surface area (Å²) in [5.74, 6) is -0.959. The summed E-state index contributed by atoms with van der Waals surface area (Å²) in [6.45, 7) is 2.91. The molecule has 0 aliphatic carbocycles. The van der Waals surface area contributed by atoms with Gasteiger partial charge in [0.15, 0.2) is 0 Å². The van der Waals surface area contributed by atoms with Crippen molar-refractivity contribution in [2.75, 3.05) is 13.1 Å². The number of hydrogen-bond donors (Lipinski definition) is 1. The van der Waals surface area contributed by atoms with Gasteiger partial charge in [-0.05, 0) is 37.1 Å². The number of aromatic carboxylic acids is 1. The monoisotopic (exact) mass is 362 g/mol. The molecule has 0 saturated carbocycles.